The highest BCUT2D eigenvalue weighted by atomic mass is 35.5. The van der Waals surface area contributed by atoms with Gasteiger partial charge in [0, 0.05) is 43.0 Å². The van der Waals surface area contributed by atoms with Gasteiger partial charge in [0.1, 0.15) is 5.15 Å². The van der Waals surface area contributed by atoms with Gasteiger partial charge in [-0.05, 0) is 55.1 Å². The summed E-state index contributed by atoms with van der Waals surface area (Å²) in [6.07, 6.45) is 0.373. The Morgan fingerprint density at radius 3 is 2.59 bits per heavy atom. The molecule has 2 fully saturated rings. The number of halogens is 4. The molecule has 0 spiro atoms. The molecule has 1 aliphatic heterocycles. The number of hydrogen-bond donors (Lipinski definition) is 1. The number of H-pyrrole nitrogens is 1. The van der Waals surface area contributed by atoms with Crippen molar-refractivity contribution in [3.63, 3.8) is 0 Å². The third kappa shape index (κ3) is 4.18. The Hall–Kier alpha value is -2.91. The second-order valence-corrected chi connectivity index (χ2v) is 9.42. The lowest BCUT2D eigenvalue weighted by atomic mass is 9.94. The molecule has 3 aromatic rings. The molecule has 1 aromatic carbocycles. The van der Waals surface area contributed by atoms with Gasteiger partial charge in [0.05, 0.1) is 11.1 Å². The molecule has 1 saturated carbocycles. The first-order chi connectivity index (χ1) is 16.2. The zero-order valence-corrected chi connectivity index (χ0v) is 18.9. The fourth-order valence-electron chi connectivity index (χ4n) is 5.11. The van der Waals surface area contributed by atoms with Gasteiger partial charge in [-0.25, -0.2) is 9.78 Å². The average Bonchev–Trinajstić information content (AvgIpc) is 3.37. The molecule has 3 heterocycles. The van der Waals surface area contributed by atoms with Gasteiger partial charge in [0.2, 0.25) is 0 Å². The van der Waals surface area contributed by atoms with Crippen molar-refractivity contribution < 1.29 is 13.2 Å². The number of aromatic amines is 1. The van der Waals surface area contributed by atoms with Crippen LogP contribution >= 0.6 is 11.6 Å². The van der Waals surface area contributed by atoms with Crippen molar-refractivity contribution in [2.45, 2.75) is 31.0 Å². The quantitative estimate of drug-likeness (QED) is 0.531. The number of hydrogen-bond acceptors (Lipinski definition) is 4. The van der Waals surface area contributed by atoms with Crippen LogP contribution in [0.25, 0.3) is 11.1 Å². The minimum absolute atomic E-state index is 0.0663. The predicted octanol–water partition coefficient (Wildman–Crippen LogP) is 3.93. The van der Waals surface area contributed by atoms with Crippen molar-refractivity contribution >= 4 is 11.6 Å². The number of nitrogens with zero attached hydrogens (tertiary/aromatic N) is 3. The number of benzene rings is 1. The summed E-state index contributed by atoms with van der Waals surface area (Å²) in [5.41, 5.74) is -0.00332. The summed E-state index contributed by atoms with van der Waals surface area (Å²) in [5, 5.41) is 0.183. The first-order valence-electron chi connectivity index (χ1n) is 11.0. The van der Waals surface area contributed by atoms with E-state index in [9.17, 15) is 22.8 Å². The van der Waals surface area contributed by atoms with Gasteiger partial charge in [0.25, 0.3) is 5.56 Å². The first-order valence-corrected chi connectivity index (χ1v) is 11.4. The second-order valence-electron chi connectivity index (χ2n) is 9.06. The van der Waals surface area contributed by atoms with Crippen LogP contribution in [0.4, 0.5) is 13.2 Å². The van der Waals surface area contributed by atoms with E-state index in [1.807, 2.05) is 0 Å². The maximum absolute atomic E-state index is 12.9. The number of pyridine rings is 1. The smallest absolute Gasteiger partial charge is 0.302 e. The summed E-state index contributed by atoms with van der Waals surface area (Å²) >= 11 is 6.11. The van der Waals surface area contributed by atoms with Crippen LogP contribution in [0, 0.1) is 5.92 Å². The molecule has 2 aliphatic rings. The van der Waals surface area contributed by atoms with Crippen LogP contribution in [-0.2, 0) is 18.1 Å². The van der Waals surface area contributed by atoms with E-state index in [1.54, 1.807) is 24.3 Å². The Kier molecular flexibility index (Phi) is 5.64. The molecule has 1 N–H and O–H groups in total. The van der Waals surface area contributed by atoms with Crippen LogP contribution in [-0.4, -0.2) is 39.1 Å². The van der Waals surface area contributed by atoms with E-state index < -0.39 is 23.0 Å². The number of likely N-dealkylation sites (tertiary alicyclic amines) is 1. The molecule has 1 saturated heterocycles. The van der Waals surface area contributed by atoms with E-state index in [0.717, 1.165) is 43.8 Å². The van der Waals surface area contributed by atoms with E-state index in [4.69, 9.17) is 11.6 Å². The van der Waals surface area contributed by atoms with Gasteiger partial charge in [-0.1, -0.05) is 23.7 Å². The molecule has 178 valence electrons. The molecular formula is C24H22ClF3N4O2. The lowest BCUT2D eigenvalue weighted by molar-refractivity contribution is -0.137. The summed E-state index contributed by atoms with van der Waals surface area (Å²) in [4.78, 5) is 33.2. The number of nitrogens with one attached hydrogen (secondary N) is 1. The highest BCUT2D eigenvalue weighted by molar-refractivity contribution is 6.32. The van der Waals surface area contributed by atoms with Crippen LogP contribution < -0.4 is 11.2 Å². The molecule has 2 atom stereocenters. The molecule has 0 bridgehead atoms. The van der Waals surface area contributed by atoms with Gasteiger partial charge in [0.15, 0.2) is 0 Å². The summed E-state index contributed by atoms with van der Waals surface area (Å²) in [6.45, 7) is 2.83. The molecule has 34 heavy (non-hydrogen) atoms. The van der Waals surface area contributed by atoms with Crippen LogP contribution in [0.5, 0.6) is 0 Å². The second kappa shape index (κ2) is 8.39. The molecule has 0 radical (unpaired) electrons. The molecule has 0 amide bonds. The monoisotopic (exact) mass is 490 g/mol. The molecular weight excluding hydrogens is 469 g/mol. The normalized spacial score (nSPS) is 22.1. The summed E-state index contributed by atoms with van der Waals surface area (Å²) in [6, 6.07) is 8.88. The predicted molar refractivity (Wildman–Crippen MR) is 122 cm³/mol. The minimum atomic E-state index is -4.33. The Morgan fingerprint density at radius 1 is 1.12 bits per heavy atom. The fourth-order valence-corrected chi connectivity index (χ4v) is 5.34. The van der Waals surface area contributed by atoms with Crippen molar-refractivity contribution in [3.8, 4) is 11.1 Å². The maximum atomic E-state index is 12.9. The number of aromatic nitrogens is 3. The van der Waals surface area contributed by atoms with Crippen LogP contribution in [0.3, 0.4) is 0 Å². The lowest BCUT2D eigenvalue weighted by Gasteiger charge is -2.21. The Morgan fingerprint density at radius 2 is 1.88 bits per heavy atom. The maximum Gasteiger partial charge on any atom is 0.416 e. The van der Waals surface area contributed by atoms with Crippen molar-refractivity contribution in [2.75, 3.05) is 19.6 Å². The highest BCUT2D eigenvalue weighted by Gasteiger charge is 2.60. The average molecular weight is 491 g/mol. The summed E-state index contributed by atoms with van der Waals surface area (Å²) < 4.78 is 40.1. The summed E-state index contributed by atoms with van der Waals surface area (Å²) in [5.74, 6) is 0.444. The van der Waals surface area contributed by atoms with E-state index >= 15 is 0 Å². The lowest BCUT2D eigenvalue weighted by Crippen LogP contribution is -2.32. The number of alkyl halides is 3. The topological polar surface area (TPSA) is 71.0 Å². The van der Waals surface area contributed by atoms with Crippen LogP contribution in [0.2, 0.25) is 5.15 Å². The van der Waals surface area contributed by atoms with E-state index in [2.05, 4.69) is 14.9 Å². The number of aryl methyl sites for hydroxylation is 1. The molecule has 1 aliphatic carbocycles. The molecule has 5 rings (SSSR count). The van der Waals surface area contributed by atoms with Crippen LogP contribution in [0.1, 0.15) is 24.0 Å². The molecule has 10 heteroatoms. The van der Waals surface area contributed by atoms with Gasteiger partial charge < -0.3 is 4.90 Å². The third-order valence-corrected chi connectivity index (χ3v) is 7.24. The van der Waals surface area contributed by atoms with E-state index in [0.29, 0.717) is 24.4 Å². The minimum Gasteiger partial charge on any atom is -0.302 e. The molecule has 0 unspecified atom stereocenters. The Balaban J connectivity index is 1.23. The van der Waals surface area contributed by atoms with Crippen molar-refractivity contribution in [3.05, 3.63) is 85.9 Å². The Bertz CT molecular complexity index is 1340. The van der Waals surface area contributed by atoms with E-state index in [-0.39, 0.29) is 16.1 Å². The van der Waals surface area contributed by atoms with E-state index in [1.165, 1.54) is 17.0 Å². The number of piperidine rings is 1. The standard InChI is InChI=1S/C24H22ClF3N4O2/c25-20-18(3-1-8-29-20)19-13-32(22(34)30-21(19)33)10-2-9-31-12-17-11-23(17,14-31)15-4-6-16(7-5-15)24(26,27)28/h1,3-8,13,17H,2,9-12,14H2,(H,30,33,34)/t17-,23+/m0/s1. The fraction of sp³-hybridized carbons (Fsp3) is 0.375. The number of rotatable bonds is 6. The zero-order chi connectivity index (χ0) is 24.1. The first kappa shape index (κ1) is 22.9. The Labute approximate surface area is 198 Å². The van der Waals surface area contributed by atoms with Gasteiger partial charge in [-0.3, -0.25) is 14.3 Å². The zero-order valence-electron chi connectivity index (χ0n) is 18.1. The SMILES string of the molecule is O=c1[nH]c(=O)n(CCCN2C[C@@H]3C[C@]3(c3ccc(C(F)(F)F)cc3)C2)cc1-c1cccnc1Cl. The van der Waals surface area contributed by atoms with Gasteiger partial charge in [-0.2, -0.15) is 13.2 Å². The largest absolute Gasteiger partial charge is 0.416 e. The van der Waals surface area contributed by atoms with Crippen molar-refractivity contribution in [1.29, 1.82) is 0 Å². The highest BCUT2D eigenvalue weighted by Crippen LogP contribution is 2.59. The molecule has 2 aromatic heterocycles. The summed E-state index contributed by atoms with van der Waals surface area (Å²) in [7, 11) is 0. The third-order valence-electron chi connectivity index (χ3n) is 6.94. The molecule has 6 nitrogen and oxygen atoms in total. The van der Waals surface area contributed by atoms with Crippen LogP contribution in [0.15, 0.2) is 58.4 Å². The van der Waals surface area contributed by atoms with Crippen molar-refractivity contribution in [2.24, 2.45) is 5.92 Å². The van der Waals surface area contributed by atoms with Crippen molar-refractivity contribution in [1.82, 2.24) is 19.4 Å². The number of fused-ring (bicyclic) bond motifs is 1. The van der Waals surface area contributed by atoms with Gasteiger partial charge in [-0.15, -0.1) is 0 Å². The van der Waals surface area contributed by atoms with Gasteiger partial charge >= 0.3 is 11.9 Å².